The van der Waals surface area contributed by atoms with Crippen molar-refractivity contribution in [3.8, 4) is 11.8 Å². The zero-order valence-corrected chi connectivity index (χ0v) is 23.4. The zero-order valence-electron chi connectivity index (χ0n) is 20.3. The van der Waals surface area contributed by atoms with Crippen LogP contribution in [-0.4, -0.2) is 46.3 Å². The number of carboxylic acids is 1. The van der Waals surface area contributed by atoms with Gasteiger partial charge < -0.3 is 30.8 Å². The molecule has 10 nitrogen and oxygen atoms in total. The van der Waals surface area contributed by atoms with Crippen molar-refractivity contribution in [2.45, 2.75) is 52.1 Å². The van der Waals surface area contributed by atoms with Gasteiger partial charge in [0.15, 0.2) is 13.2 Å². The predicted molar refractivity (Wildman–Crippen MR) is 140 cm³/mol. The van der Waals surface area contributed by atoms with Crippen LogP contribution >= 0.6 is 46.4 Å². The van der Waals surface area contributed by atoms with Crippen molar-refractivity contribution >= 4 is 69.7 Å². The number of pyridine rings is 2. The predicted octanol–water partition coefficient (Wildman–Crippen LogP) is 5.96. The molecule has 0 saturated heterocycles. The van der Waals surface area contributed by atoms with Crippen molar-refractivity contribution in [2.24, 2.45) is 0 Å². The van der Waals surface area contributed by atoms with E-state index in [1.165, 1.54) is 0 Å². The standard InChI is InChI=1S/C15H21Cl2FN2O3.C7H5Cl2FN2O3/c1-3-4-5-6-7-9(2)23-10(21)8-22-15-12(17)13(19)11(16)14(18)20-15;8-3-5(11)4(9)7(12-6(3)10)15-1-2(13)14/h9H,3-8H2,1-2H3,(H2,19,20);1H2,(H2,11,12)(H,13,14). The Morgan fingerprint density at radius 1 is 0.868 bits per heavy atom. The first-order chi connectivity index (χ1) is 17.8. The van der Waals surface area contributed by atoms with Gasteiger partial charge in [-0.2, -0.15) is 18.7 Å². The molecule has 5 N–H and O–H groups in total. The molecule has 0 spiro atoms. The molecule has 2 aromatic rings. The number of halogens is 6. The zero-order chi connectivity index (χ0) is 29.0. The fourth-order valence-electron chi connectivity index (χ4n) is 2.64. The average Bonchev–Trinajstić information content (AvgIpc) is 2.87. The number of carboxylic acid groups (broad SMARTS) is 1. The summed E-state index contributed by atoms with van der Waals surface area (Å²) in [7, 11) is 0. The van der Waals surface area contributed by atoms with Crippen molar-refractivity contribution in [2.75, 3.05) is 24.7 Å². The number of ether oxygens (including phenoxy) is 3. The number of anilines is 2. The molecule has 0 fully saturated rings. The van der Waals surface area contributed by atoms with Gasteiger partial charge in [-0.25, -0.2) is 9.59 Å². The van der Waals surface area contributed by atoms with E-state index in [4.69, 9.17) is 72.5 Å². The number of carbonyl (C=O) groups excluding carboxylic acids is 1. The van der Waals surface area contributed by atoms with E-state index in [1.54, 1.807) is 0 Å². The SMILES string of the molecule is CCCCCCC(C)OC(=O)COc1nc(F)c(Cl)c(N)c1Cl.Nc1c(Cl)c(F)nc(OCC(=O)O)c1Cl. The van der Waals surface area contributed by atoms with E-state index in [9.17, 15) is 18.4 Å². The highest BCUT2D eigenvalue weighted by Gasteiger charge is 2.19. The first kappa shape index (κ1) is 33.5. The first-order valence-corrected chi connectivity index (χ1v) is 12.6. The summed E-state index contributed by atoms with van der Waals surface area (Å²) in [4.78, 5) is 28.5. The van der Waals surface area contributed by atoms with Crippen molar-refractivity contribution < 1.29 is 37.7 Å². The smallest absolute Gasteiger partial charge is 0.344 e. The largest absolute Gasteiger partial charge is 0.479 e. The maximum absolute atomic E-state index is 13.4. The maximum atomic E-state index is 13.4. The Hall–Kier alpha value is -2.54. The molecule has 38 heavy (non-hydrogen) atoms. The molecular weight excluding hydrogens is 596 g/mol. The Labute approximate surface area is 237 Å². The molecule has 2 rings (SSSR count). The second-order valence-electron chi connectivity index (χ2n) is 7.62. The topological polar surface area (TPSA) is 160 Å². The number of unbranched alkanes of at least 4 members (excludes halogenated alkanes) is 3. The second kappa shape index (κ2) is 16.4. The lowest BCUT2D eigenvalue weighted by Crippen LogP contribution is -2.21. The molecule has 0 amide bonds. The van der Waals surface area contributed by atoms with Gasteiger partial charge in [-0.15, -0.1) is 0 Å². The number of nitrogens with two attached hydrogens (primary N) is 2. The molecule has 0 bridgehead atoms. The summed E-state index contributed by atoms with van der Waals surface area (Å²) in [5, 5.41) is 7.14. The minimum atomic E-state index is -1.25. The third-order valence-electron chi connectivity index (χ3n) is 4.54. The van der Waals surface area contributed by atoms with Gasteiger partial charge in [-0.3, -0.25) is 0 Å². The highest BCUT2D eigenvalue weighted by atomic mass is 35.5. The van der Waals surface area contributed by atoms with Crippen LogP contribution in [0.4, 0.5) is 20.2 Å². The minimum absolute atomic E-state index is 0.142. The quantitative estimate of drug-likeness (QED) is 0.146. The number of aromatic nitrogens is 2. The number of nitrogens with zero attached hydrogens (tertiary/aromatic N) is 2. The summed E-state index contributed by atoms with van der Waals surface area (Å²) >= 11 is 22.4. The summed E-state index contributed by atoms with van der Waals surface area (Å²) in [6.45, 7) is 2.81. The van der Waals surface area contributed by atoms with Gasteiger partial charge in [0.25, 0.3) is 0 Å². The lowest BCUT2D eigenvalue weighted by molar-refractivity contribution is -0.151. The number of carbonyl (C=O) groups is 2. The van der Waals surface area contributed by atoms with E-state index in [2.05, 4.69) is 21.6 Å². The van der Waals surface area contributed by atoms with Crippen LogP contribution in [0.15, 0.2) is 0 Å². The highest BCUT2D eigenvalue weighted by molar-refractivity contribution is 6.40. The van der Waals surface area contributed by atoms with Crippen LogP contribution in [0, 0.1) is 11.9 Å². The fraction of sp³-hybridized carbons (Fsp3) is 0.455. The Bertz CT molecular complexity index is 1130. The maximum Gasteiger partial charge on any atom is 0.344 e. The molecule has 2 aromatic heterocycles. The number of hydrogen-bond acceptors (Lipinski definition) is 9. The van der Waals surface area contributed by atoms with Crippen molar-refractivity contribution in [3.05, 3.63) is 32.0 Å². The molecule has 0 saturated carbocycles. The van der Waals surface area contributed by atoms with E-state index >= 15 is 0 Å². The monoisotopic (exact) mass is 620 g/mol. The van der Waals surface area contributed by atoms with E-state index < -0.39 is 48.0 Å². The van der Waals surface area contributed by atoms with E-state index in [0.717, 1.165) is 32.1 Å². The number of aliphatic carboxylic acids is 1. The van der Waals surface area contributed by atoms with Crippen LogP contribution in [0.1, 0.15) is 46.0 Å². The molecular formula is C22H26Cl4F2N4O6. The van der Waals surface area contributed by atoms with Gasteiger partial charge in [-0.1, -0.05) is 72.6 Å². The molecule has 2 heterocycles. The Morgan fingerprint density at radius 2 is 1.34 bits per heavy atom. The fourth-order valence-corrected chi connectivity index (χ4v) is 3.40. The number of rotatable bonds is 12. The lowest BCUT2D eigenvalue weighted by Gasteiger charge is -2.14. The molecule has 0 radical (unpaired) electrons. The van der Waals surface area contributed by atoms with E-state index in [1.807, 2.05) is 6.92 Å². The highest BCUT2D eigenvalue weighted by Crippen LogP contribution is 2.36. The summed E-state index contributed by atoms with van der Waals surface area (Å²) in [6.07, 6.45) is 4.99. The van der Waals surface area contributed by atoms with Crippen molar-refractivity contribution in [3.63, 3.8) is 0 Å². The molecule has 1 atom stereocenters. The van der Waals surface area contributed by atoms with Crippen LogP contribution in [0.2, 0.25) is 20.1 Å². The van der Waals surface area contributed by atoms with E-state index in [-0.39, 0.29) is 38.4 Å². The van der Waals surface area contributed by atoms with Crippen LogP contribution in [0.5, 0.6) is 11.8 Å². The normalized spacial score (nSPS) is 11.3. The molecule has 1 unspecified atom stereocenters. The Morgan fingerprint density at radius 3 is 1.79 bits per heavy atom. The summed E-state index contributed by atoms with van der Waals surface area (Å²) < 4.78 is 41.2. The van der Waals surface area contributed by atoms with Crippen LogP contribution < -0.4 is 20.9 Å². The lowest BCUT2D eigenvalue weighted by atomic mass is 10.1. The third-order valence-corrected chi connectivity index (χ3v) is 5.99. The molecule has 212 valence electrons. The second-order valence-corrected chi connectivity index (χ2v) is 9.13. The molecule has 0 aliphatic carbocycles. The Balaban J connectivity index is 0.000000415. The first-order valence-electron chi connectivity index (χ1n) is 11.1. The van der Waals surface area contributed by atoms with E-state index in [0.29, 0.717) is 0 Å². The number of nitrogen functional groups attached to an aromatic ring is 2. The van der Waals surface area contributed by atoms with Crippen LogP contribution in [0.25, 0.3) is 0 Å². The molecule has 16 heteroatoms. The van der Waals surface area contributed by atoms with Gasteiger partial charge in [-0.05, 0) is 19.8 Å². The van der Waals surface area contributed by atoms with Gasteiger partial charge in [0.1, 0.15) is 20.1 Å². The summed E-state index contributed by atoms with van der Waals surface area (Å²) in [6, 6.07) is 0. The molecule has 0 aliphatic rings. The van der Waals surface area contributed by atoms with Gasteiger partial charge in [0.2, 0.25) is 23.7 Å². The molecule has 0 aliphatic heterocycles. The molecule has 0 aromatic carbocycles. The van der Waals surface area contributed by atoms with Crippen molar-refractivity contribution in [1.82, 2.24) is 9.97 Å². The van der Waals surface area contributed by atoms with Crippen molar-refractivity contribution in [1.29, 1.82) is 0 Å². The van der Waals surface area contributed by atoms with Crippen LogP contribution in [-0.2, 0) is 14.3 Å². The van der Waals surface area contributed by atoms with Gasteiger partial charge in [0, 0.05) is 0 Å². The van der Waals surface area contributed by atoms with Gasteiger partial charge >= 0.3 is 11.9 Å². The van der Waals surface area contributed by atoms with Gasteiger partial charge in [0.05, 0.1) is 17.5 Å². The summed E-state index contributed by atoms with van der Waals surface area (Å²) in [5.74, 6) is -4.61. The average molecular weight is 622 g/mol. The number of hydrogen-bond donors (Lipinski definition) is 3. The Kier molecular flexibility index (Phi) is 14.5. The minimum Gasteiger partial charge on any atom is -0.479 e. The summed E-state index contributed by atoms with van der Waals surface area (Å²) in [5.41, 5.74) is 10.4. The van der Waals surface area contributed by atoms with Crippen LogP contribution in [0.3, 0.4) is 0 Å². The third kappa shape index (κ3) is 10.7. The number of esters is 1.